The molecule has 2 fully saturated rings. The van der Waals surface area contributed by atoms with Crippen LogP contribution in [0.15, 0.2) is 22.7 Å². The average molecular weight is 402 g/mol. The van der Waals surface area contributed by atoms with Gasteiger partial charge in [0.2, 0.25) is 0 Å². The molecular weight excluding hydrogens is 380 g/mol. The summed E-state index contributed by atoms with van der Waals surface area (Å²) in [7, 11) is 0. The van der Waals surface area contributed by atoms with Crippen LogP contribution in [0.3, 0.4) is 0 Å². The minimum atomic E-state index is 0.507. The van der Waals surface area contributed by atoms with Crippen molar-refractivity contribution in [1.82, 2.24) is 0 Å². The van der Waals surface area contributed by atoms with Crippen LogP contribution < -0.4 is 4.74 Å². The van der Waals surface area contributed by atoms with Crippen molar-refractivity contribution in [3.63, 3.8) is 0 Å². The largest absolute Gasteiger partial charge is 0.492 e. The molecule has 3 atom stereocenters. The molecule has 0 radical (unpaired) electrons. The van der Waals surface area contributed by atoms with Crippen molar-refractivity contribution in [2.75, 3.05) is 6.61 Å². The summed E-state index contributed by atoms with van der Waals surface area (Å²) >= 11 is 7.60. The standard InChI is InChI=1S/C17H22Br2O/c1-2-9-20-15-8-7-11(10-14(15)18)17(19)16-12-5-3-4-6-13(12)16/h7-8,10,12-13,16-17H,2-6,9H2,1H3. The smallest absolute Gasteiger partial charge is 0.133 e. The van der Waals surface area contributed by atoms with Crippen molar-refractivity contribution < 1.29 is 4.74 Å². The van der Waals surface area contributed by atoms with E-state index in [9.17, 15) is 0 Å². The van der Waals surface area contributed by atoms with E-state index < -0.39 is 0 Å². The van der Waals surface area contributed by atoms with Gasteiger partial charge in [-0.05, 0) is 70.6 Å². The SMILES string of the molecule is CCCOc1ccc(C(Br)C2C3CCCCC32)cc1Br. The molecule has 3 heteroatoms. The first-order chi connectivity index (χ1) is 9.72. The molecule has 3 rings (SSSR count). The zero-order valence-corrected chi connectivity index (χ0v) is 15.1. The van der Waals surface area contributed by atoms with Gasteiger partial charge in [0, 0.05) is 4.83 Å². The molecule has 0 heterocycles. The second kappa shape index (κ2) is 6.39. The lowest BCUT2D eigenvalue weighted by Gasteiger charge is -2.13. The third-order valence-electron chi connectivity index (χ3n) is 4.80. The van der Waals surface area contributed by atoms with Gasteiger partial charge < -0.3 is 4.74 Å². The molecule has 2 saturated carbocycles. The van der Waals surface area contributed by atoms with E-state index in [1.807, 2.05) is 0 Å². The molecule has 3 unspecified atom stereocenters. The zero-order chi connectivity index (χ0) is 14.1. The monoisotopic (exact) mass is 400 g/mol. The van der Waals surface area contributed by atoms with Crippen LogP contribution in [0.2, 0.25) is 0 Å². The van der Waals surface area contributed by atoms with Gasteiger partial charge in [-0.25, -0.2) is 0 Å². The molecule has 2 aliphatic carbocycles. The fourth-order valence-electron chi connectivity index (χ4n) is 3.72. The van der Waals surface area contributed by atoms with Crippen molar-refractivity contribution in [3.8, 4) is 5.75 Å². The number of fused-ring (bicyclic) bond motifs is 1. The van der Waals surface area contributed by atoms with Gasteiger partial charge in [-0.1, -0.05) is 41.8 Å². The Morgan fingerprint density at radius 1 is 1.25 bits per heavy atom. The van der Waals surface area contributed by atoms with E-state index >= 15 is 0 Å². The van der Waals surface area contributed by atoms with Gasteiger partial charge in [-0.3, -0.25) is 0 Å². The average Bonchev–Trinajstić information content (AvgIpc) is 3.19. The van der Waals surface area contributed by atoms with Gasteiger partial charge in [0.25, 0.3) is 0 Å². The number of rotatable bonds is 5. The Bertz CT molecular complexity index is 462. The summed E-state index contributed by atoms with van der Waals surface area (Å²) in [5, 5.41) is 0. The maximum Gasteiger partial charge on any atom is 0.133 e. The summed E-state index contributed by atoms with van der Waals surface area (Å²) in [6.45, 7) is 2.91. The van der Waals surface area contributed by atoms with Crippen LogP contribution in [0, 0.1) is 17.8 Å². The topological polar surface area (TPSA) is 9.23 Å². The van der Waals surface area contributed by atoms with E-state index in [0.717, 1.165) is 41.0 Å². The molecule has 0 spiro atoms. The lowest BCUT2D eigenvalue weighted by atomic mass is 10.0. The van der Waals surface area contributed by atoms with Crippen LogP contribution in [0.5, 0.6) is 5.75 Å². The lowest BCUT2D eigenvalue weighted by Crippen LogP contribution is -1.99. The summed E-state index contributed by atoms with van der Waals surface area (Å²) in [6.07, 6.45) is 6.79. The number of hydrogen-bond donors (Lipinski definition) is 0. The number of benzene rings is 1. The molecule has 2 aliphatic rings. The molecule has 1 aromatic carbocycles. The van der Waals surface area contributed by atoms with Crippen LogP contribution in [0.1, 0.15) is 49.4 Å². The van der Waals surface area contributed by atoms with E-state index in [0.29, 0.717) is 4.83 Å². The lowest BCUT2D eigenvalue weighted by molar-refractivity contribution is 0.315. The van der Waals surface area contributed by atoms with Crippen LogP contribution in [0.25, 0.3) is 0 Å². The molecule has 0 aromatic heterocycles. The number of alkyl halides is 1. The highest BCUT2D eigenvalue weighted by atomic mass is 79.9. The van der Waals surface area contributed by atoms with Gasteiger partial charge in [-0.2, -0.15) is 0 Å². The van der Waals surface area contributed by atoms with Gasteiger partial charge >= 0.3 is 0 Å². The quantitative estimate of drug-likeness (QED) is 0.540. The summed E-state index contributed by atoms with van der Waals surface area (Å²) < 4.78 is 6.81. The summed E-state index contributed by atoms with van der Waals surface area (Å²) in [4.78, 5) is 0.507. The first-order valence-corrected chi connectivity index (χ1v) is 9.49. The van der Waals surface area contributed by atoms with Gasteiger partial charge in [-0.15, -0.1) is 0 Å². The molecule has 20 heavy (non-hydrogen) atoms. The Morgan fingerprint density at radius 2 is 1.95 bits per heavy atom. The molecule has 0 saturated heterocycles. The predicted octanol–water partition coefficient (Wildman–Crippen LogP) is 6.11. The molecular formula is C17H22Br2O. The number of hydrogen-bond acceptors (Lipinski definition) is 1. The van der Waals surface area contributed by atoms with E-state index in [4.69, 9.17) is 4.74 Å². The summed E-state index contributed by atoms with van der Waals surface area (Å²) in [6, 6.07) is 6.56. The Hall–Kier alpha value is -0.0200. The Morgan fingerprint density at radius 3 is 2.55 bits per heavy atom. The fourth-order valence-corrected chi connectivity index (χ4v) is 5.30. The van der Waals surface area contributed by atoms with Crippen molar-refractivity contribution >= 4 is 31.9 Å². The van der Waals surface area contributed by atoms with E-state index in [1.54, 1.807) is 0 Å². The molecule has 1 aromatic rings. The van der Waals surface area contributed by atoms with Crippen molar-refractivity contribution in [3.05, 3.63) is 28.2 Å². The first kappa shape index (κ1) is 14.9. The predicted molar refractivity (Wildman–Crippen MR) is 90.5 cm³/mol. The van der Waals surface area contributed by atoms with Gasteiger partial charge in [0.1, 0.15) is 5.75 Å². The highest BCUT2D eigenvalue weighted by Gasteiger charge is 2.53. The normalized spacial score (nSPS) is 29.6. The minimum absolute atomic E-state index is 0.507. The fraction of sp³-hybridized carbons (Fsp3) is 0.647. The Kier molecular flexibility index (Phi) is 4.76. The Balaban J connectivity index is 1.69. The van der Waals surface area contributed by atoms with E-state index in [1.165, 1.54) is 31.2 Å². The molecule has 0 bridgehead atoms. The summed E-state index contributed by atoms with van der Waals surface area (Å²) in [5.41, 5.74) is 1.39. The van der Waals surface area contributed by atoms with Gasteiger partial charge in [0.05, 0.1) is 11.1 Å². The van der Waals surface area contributed by atoms with Gasteiger partial charge in [0.15, 0.2) is 0 Å². The van der Waals surface area contributed by atoms with E-state index in [-0.39, 0.29) is 0 Å². The van der Waals surface area contributed by atoms with Crippen molar-refractivity contribution in [2.24, 2.45) is 17.8 Å². The molecule has 0 aliphatic heterocycles. The summed E-state index contributed by atoms with van der Waals surface area (Å²) in [5.74, 6) is 3.76. The zero-order valence-electron chi connectivity index (χ0n) is 11.9. The van der Waals surface area contributed by atoms with Crippen LogP contribution >= 0.6 is 31.9 Å². The highest BCUT2D eigenvalue weighted by molar-refractivity contribution is 9.10. The van der Waals surface area contributed by atoms with E-state index in [2.05, 4.69) is 57.0 Å². The second-order valence-electron chi connectivity index (χ2n) is 6.13. The maximum atomic E-state index is 5.73. The number of ether oxygens (including phenoxy) is 1. The van der Waals surface area contributed by atoms with Crippen LogP contribution in [-0.4, -0.2) is 6.61 Å². The maximum absolute atomic E-state index is 5.73. The molecule has 0 N–H and O–H groups in total. The van der Waals surface area contributed by atoms with Crippen LogP contribution in [0.4, 0.5) is 0 Å². The van der Waals surface area contributed by atoms with Crippen LogP contribution in [-0.2, 0) is 0 Å². The first-order valence-electron chi connectivity index (χ1n) is 7.78. The number of halogens is 2. The highest BCUT2D eigenvalue weighted by Crippen LogP contribution is 2.62. The minimum Gasteiger partial charge on any atom is -0.492 e. The Labute approximate surface area is 138 Å². The van der Waals surface area contributed by atoms with Crippen molar-refractivity contribution in [1.29, 1.82) is 0 Å². The molecule has 1 nitrogen and oxygen atoms in total. The molecule has 110 valence electrons. The molecule has 0 amide bonds. The third-order valence-corrected chi connectivity index (χ3v) is 6.56. The van der Waals surface area contributed by atoms with Crippen molar-refractivity contribution in [2.45, 2.75) is 43.9 Å². The third kappa shape index (κ3) is 2.94. The second-order valence-corrected chi connectivity index (χ2v) is 7.97.